The third-order valence-electron chi connectivity index (χ3n) is 2.72. The van der Waals surface area contributed by atoms with E-state index >= 15 is 0 Å². The van der Waals surface area contributed by atoms with Gasteiger partial charge in [-0.2, -0.15) is 0 Å². The zero-order valence-electron chi connectivity index (χ0n) is 8.53. The number of nitrogens with zero attached hydrogens (tertiary/aromatic N) is 1. The summed E-state index contributed by atoms with van der Waals surface area (Å²) in [6.07, 6.45) is 1.14. The Kier molecular flexibility index (Phi) is 2.68. The number of benzene rings is 1. The highest BCUT2D eigenvalue weighted by Gasteiger charge is 2.32. The summed E-state index contributed by atoms with van der Waals surface area (Å²) in [4.78, 5) is 11.4. The molecule has 1 atom stereocenters. The highest BCUT2D eigenvalue weighted by atomic mass is 19.1. The monoisotopic (exact) mass is 208 g/mol. The first-order valence-corrected chi connectivity index (χ1v) is 4.98. The molecule has 0 saturated carbocycles. The quantitative estimate of drug-likeness (QED) is 0.801. The summed E-state index contributed by atoms with van der Waals surface area (Å²) in [6.45, 7) is 0. The molecule has 1 aromatic carbocycles. The summed E-state index contributed by atoms with van der Waals surface area (Å²) < 4.78 is 13.5. The fraction of sp³-hybridized carbons (Fsp3) is 0.364. The molecule has 1 amide bonds. The van der Waals surface area contributed by atoms with Crippen LogP contribution < -0.4 is 5.43 Å². The number of amides is 1. The average molecular weight is 208 g/mol. The Hall–Kier alpha value is -1.42. The fourth-order valence-electron chi connectivity index (χ4n) is 2.00. The van der Waals surface area contributed by atoms with E-state index in [4.69, 9.17) is 0 Å². The van der Waals surface area contributed by atoms with Gasteiger partial charge in [0, 0.05) is 19.0 Å². The number of carbonyl (C=O) groups excluding carboxylic acids is 1. The van der Waals surface area contributed by atoms with Gasteiger partial charge in [0.05, 0.1) is 6.04 Å². The molecule has 1 aromatic rings. The van der Waals surface area contributed by atoms with Crippen LogP contribution in [0.5, 0.6) is 0 Å². The van der Waals surface area contributed by atoms with Crippen molar-refractivity contribution >= 4 is 5.91 Å². The van der Waals surface area contributed by atoms with E-state index in [1.54, 1.807) is 25.2 Å². The van der Waals surface area contributed by atoms with Crippen LogP contribution in [0.25, 0.3) is 0 Å². The van der Waals surface area contributed by atoms with Gasteiger partial charge in [0.25, 0.3) is 0 Å². The van der Waals surface area contributed by atoms with Crippen LogP contribution in [0.3, 0.4) is 0 Å². The van der Waals surface area contributed by atoms with Crippen molar-refractivity contribution in [2.75, 3.05) is 7.05 Å². The van der Waals surface area contributed by atoms with Crippen LogP contribution in [0, 0.1) is 5.82 Å². The second kappa shape index (κ2) is 3.98. The molecule has 2 rings (SSSR count). The van der Waals surface area contributed by atoms with Gasteiger partial charge in [-0.05, 0) is 12.5 Å². The molecule has 0 spiro atoms. The van der Waals surface area contributed by atoms with Gasteiger partial charge in [-0.25, -0.2) is 9.82 Å². The summed E-state index contributed by atoms with van der Waals surface area (Å²) in [6, 6.07) is 6.41. The summed E-state index contributed by atoms with van der Waals surface area (Å²) in [7, 11) is 1.68. The molecule has 15 heavy (non-hydrogen) atoms. The maximum absolute atomic E-state index is 13.5. The number of rotatable bonds is 2. The Morgan fingerprint density at radius 3 is 2.87 bits per heavy atom. The zero-order chi connectivity index (χ0) is 10.8. The molecule has 1 aliphatic rings. The molecule has 1 fully saturated rings. The van der Waals surface area contributed by atoms with Gasteiger partial charge in [0.1, 0.15) is 5.82 Å². The van der Waals surface area contributed by atoms with Crippen molar-refractivity contribution in [2.24, 2.45) is 0 Å². The number of hydrazine groups is 1. The Labute approximate surface area is 87.9 Å². The SMILES string of the molecule is CNN1C(=O)CCC1c1ccccc1F. The van der Waals surface area contributed by atoms with Crippen LogP contribution in [0.1, 0.15) is 24.4 Å². The van der Waals surface area contributed by atoms with Crippen LogP contribution in [0.2, 0.25) is 0 Å². The Morgan fingerprint density at radius 1 is 1.47 bits per heavy atom. The van der Waals surface area contributed by atoms with E-state index in [0.717, 1.165) is 0 Å². The van der Waals surface area contributed by atoms with Crippen LogP contribution in [0.4, 0.5) is 4.39 Å². The van der Waals surface area contributed by atoms with E-state index in [1.807, 2.05) is 0 Å². The van der Waals surface area contributed by atoms with Crippen molar-refractivity contribution in [1.29, 1.82) is 0 Å². The fourth-order valence-corrected chi connectivity index (χ4v) is 2.00. The van der Waals surface area contributed by atoms with E-state index < -0.39 is 0 Å². The molecule has 1 unspecified atom stereocenters. The van der Waals surface area contributed by atoms with Gasteiger partial charge in [0.15, 0.2) is 0 Å². The van der Waals surface area contributed by atoms with Crippen molar-refractivity contribution in [2.45, 2.75) is 18.9 Å². The number of hydrogen-bond donors (Lipinski definition) is 1. The minimum absolute atomic E-state index is 0.0192. The molecular weight excluding hydrogens is 195 g/mol. The molecule has 1 saturated heterocycles. The van der Waals surface area contributed by atoms with Gasteiger partial charge in [0.2, 0.25) is 5.91 Å². The highest BCUT2D eigenvalue weighted by molar-refractivity contribution is 5.78. The van der Waals surface area contributed by atoms with E-state index in [-0.39, 0.29) is 17.8 Å². The first-order chi connectivity index (χ1) is 7.24. The first-order valence-electron chi connectivity index (χ1n) is 4.98. The average Bonchev–Trinajstić information content (AvgIpc) is 2.60. The molecule has 4 heteroatoms. The summed E-state index contributed by atoms with van der Waals surface area (Å²) in [5.41, 5.74) is 3.39. The molecule has 3 nitrogen and oxygen atoms in total. The lowest BCUT2D eigenvalue weighted by Gasteiger charge is -2.23. The van der Waals surface area contributed by atoms with Crippen molar-refractivity contribution in [1.82, 2.24) is 10.4 Å². The smallest absolute Gasteiger partial charge is 0.237 e. The number of carbonyl (C=O) groups is 1. The molecule has 0 aliphatic carbocycles. The second-order valence-corrected chi connectivity index (χ2v) is 3.56. The largest absolute Gasteiger partial charge is 0.273 e. The molecular formula is C11H13FN2O. The zero-order valence-corrected chi connectivity index (χ0v) is 8.53. The topological polar surface area (TPSA) is 32.3 Å². The first kappa shape index (κ1) is 10.1. The third kappa shape index (κ3) is 1.72. The maximum atomic E-state index is 13.5. The number of halogens is 1. The van der Waals surface area contributed by atoms with Crippen LogP contribution in [0.15, 0.2) is 24.3 Å². The summed E-state index contributed by atoms with van der Waals surface area (Å²) in [5, 5.41) is 1.50. The van der Waals surface area contributed by atoms with Gasteiger partial charge >= 0.3 is 0 Å². The van der Waals surface area contributed by atoms with Crippen molar-refractivity contribution < 1.29 is 9.18 Å². The Morgan fingerprint density at radius 2 is 2.20 bits per heavy atom. The van der Waals surface area contributed by atoms with E-state index in [2.05, 4.69) is 5.43 Å². The standard InChI is InChI=1S/C11H13FN2O/c1-13-14-10(6-7-11(14)15)8-4-2-3-5-9(8)12/h2-5,10,13H,6-7H2,1H3. The normalized spacial score (nSPS) is 21.1. The minimum Gasteiger partial charge on any atom is -0.273 e. The van der Waals surface area contributed by atoms with Crippen molar-refractivity contribution in [3.63, 3.8) is 0 Å². The van der Waals surface area contributed by atoms with Crippen molar-refractivity contribution in [3.8, 4) is 0 Å². The van der Waals surface area contributed by atoms with Crippen LogP contribution in [-0.4, -0.2) is 18.0 Å². The minimum atomic E-state index is -0.252. The number of nitrogens with one attached hydrogen (secondary N) is 1. The molecule has 0 aromatic heterocycles. The lowest BCUT2D eigenvalue weighted by Crippen LogP contribution is -2.38. The molecule has 1 N–H and O–H groups in total. The van der Waals surface area contributed by atoms with E-state index in [9.17, 15) is 9.18 Å². The summed E-state index contributed by atoms with van der Waals surface area (Å²) in [5.74, 6) is -0.233. The predicted octanol–water partition coefficient (Wildman–Crippen LogP) is 1.62. The molecule has 0 radical (unpaired) electrons. The Bertz CT molecular complexity index is 381. The van der Waals surface area contributed by atoms with Crippen LogP contribution in [-0.2, 0) is 4.79 Å². The molecule has 1 aliphatic heterocycles. The Balaban J connectivity index is 2.32. The lowest BCUT2D eigenvalue weighted by atomic mass is 10.0. The van der Waals surface area contributed by atoms with Crippen LogP contribution >= 0.6 is 0 Å². The molecule has 1 heterocycles. The van der Waals surface area contributed by atoms with E-state index in [0.29, 0.717) is 18.4 Å². The van der Waals surface area contributed by atoms with Crippen molar-refractivity contribution in [3.05, 3.63) is 35.6 Å². The summed E-state index contributed by atoms with van der Waals surface area (Å²) >= 11 is 0. The highest BCUT2D eigenvalue weighted by Crippen LogP contribution is 2.32. The van der Waals surface area contributed by atoms with E-state index in [1.165, 1.54) is 11.1 Å². The van der Waals surface area contributed by atoms with Gasteiger partial charge < -0.3 is 0 Å². The molecule has 0 bridgehead atoms. The third-order valence-corrected chi connectivity index (χ3v) is 2.72. The lowest BCUT2D eigenvalue weighted by molar-refractivity contribution is -0.131. The van der Waals surface area contributed by atoms with Gasteiger partial charge in [-0.3, -0.25) is 9.80 Å². The molecule has 80 valence electrons. The second-order valence-electron chi connectivity index (χ2n) is 3.56. The maximum Gasteiger partial charge on any atom is 0.237 e. The van der Waals surface area contributed by atoms with Gasteiger partial charge in [-0.15, -0.1) is 0 Å². The predicted molar refractivity (Wildman–Crippen MR) is 54.3 cm³/mol. The number of hydrogen-bond acceptors (Lipinski definition) is 2. The van der Waals surface area contributed by atoms with Gasteiger partial charge in [-0.1, -0.05) is 18.2 Å².